The Balaban J connectivity index is 1.54. The summed E-state index contributed by atoms with van der Waals surface area (Å²) in [5, 5.41) is 10.4. The van der Waals surface area contributed by atoms with Crippen LogP contribution in [0.15, 0.2) is 53.4 Å². The second-order valence-electron chi connectivity index (χ2n) is 6.68. The van der Waals surface area contributed by atoms with Gasteiger partial charge in [0.15, 0.2) is 0 Å². The zero-order valence-corrected chi connectivity index (χ0v) is 16.4. The van der Waals surface area contributed by atoms with E-state index in [2.05, 4.69) is 40.9 Å². The minimum absolute atomic E-state index is 0.291. The fraction of sp³-hybridized carbons (Fsp3) is 0.318. The lowest BCUT2D eigenvalue weighted by atomic mass is 10.1. The second kappa shape index (κ2) is 9.62. The molecule has 4 nitrogen and oxygen atoms in total. The van der Waals surface area contributed by atoms with Crippen molar-refractivity contribution in [1.82, 2.24) is 9.71 Å². The number of hydrogen-bond donors (Lipinski definition) is 3. The number of aryl methyl sites for hydroxylation is 1. The van der Waals surface area contributed by atoms with Crippen molar-refractivity contribution in [3.8, 4) is 0 Å². The van der Waals surface area contributed by atoms with E-state index in [4.69, 9.17) is 0 Å². The summed E-state index contributed by atoms with van der Waals surface area (Å²) >= 11 is 1.59. The fourth-order valence-electron chi connectivity index (χ4n) is 3.26. The lowest BCUT2D eigenvalue weighted by Crippen LogP contribution is -2.11. The van der Waals surface area contributed by atoms with Crippen LogP contribution in [0.2, 0.25) is 0 Å². The Kier molecular flexibility index (Phi) is 6.96. The van der Waals surface area contributed by atoms with Crippen molar-refractivity contribution < 1.29 is 9.90 Å². The molecule has 27 heavy (non-hydrogen) atoms. The lowest BCUT2D eigenvalue weighted by molar-refractivity contribution is 0.0690. The topological polar surface area (TPSA) is 65.1 Å². The molecule has 0 saturated carbocycles. The number of carboxylic acids is 1. The molecular weight excluding hydrogens is 356 g/mol. The van der Waals surface area contributed by atoms with Gasteiger partial charge < -0.3 is 10.1 Å². The van der Waals surface area contributed by atoms with Crippen LogP contribution in [0.5, 0.6) is 0 Å². The van der Waals surface area contributed by atoms with Crippen LogP contribution in [-0.2, 0) is 12.8 Å². The van der Waals surface area contributed by atoms with Gasteiger partial charge in [-0.1, -0.05) is 50.1 Å². The van der Waals surface area contributed by atoms with Gasteiger partial charge in [-0.2, -0.15) is 0 Å². The maximum Gasteiger partial charge on any atom is 0.352 e. The minimum atomic E-state index is -0.910. The van der Waals surface area contributed by atoms with Crippen molar-refractivity contribution in [2.24, 2.45) is 0 Å². The smallest absolute Gasteiger partial charge is 0.352 e. The van der Waals surface area contributed by atoms with E-state index in [9.17, 15) is 9.90 Å². The third kappa shape index (κ3) is 5.15. The number of benzene rings is 2. The van der Waals surface area contributed by atoms with Crippen LogP contribution in [0.4, 0.5) is 0 Å². The third-order valence-electron chi connectivity index (χ3n) is 4.69. The second-order valence-corrected chi connectivity index (χ2v) is 7.64. The van der Waals surface area contributed by atoms with E-state index in [1.54, 1.807) is 11.9 Å². The molecule has 0 saturated heterocycles. The highest BCUT2D eigenvalue weighted by atomic mass is 32.2. The number of hydrogen-bond acceptors (Lipinski definition) is 3. The summed E-state index contributed by atoms with van der Waals surface area (Å²) in [6, 6.07) is 16.4. The Hall–Kier alpha value is -2.24. The number of aromatic carboxylic acids is 1. The number of fused-ring (bicyclic) bond motifs is 1. The van der Waals surface area contributed by atoms with Crippen LogP contribution >= 0.6 is 11.9 Å². The average Bonchev–Trinajstić information content (AvgIpc) is 3.06. The summed E-state index contributed by atoms with van der Waals surface area (Å²) in [5.74, 6) is -0.910. The first-order valence-electron chi connectivity index (χ1n) is 9.50. The van der Waals surface area contributed by atoms with E-state index in [1.807, 2.05) is 24.3 Å². The molecule has 5 heteroatoms. The van der Waals surface area contributed by atoms with Gasteiger partial charge in [-0.25, -0.2) is 4.79 Å². The van der Waals surface area contributed by atoms with Crippen molar-refractivity contribution in [3.63, 3.8) is 0 Å². The Labute approximate surface area is 164 Å². The van der Waals surface area contributed by atoms with Crippen molar-refractivity contribution in [2.75, 3.05) is 6.54 Å². The first kappa shape index (κ1) is 19.5. The number of aromatic nitrogens is 1. The Morgan fingerprint density at radius 2 is 1.85 bits per heavy atom. The van der Waals surface area contributed by atoms with Crippen LogP contribution in [0.3, 0.4) is 0 Å². The predicted molar refractivity (Wildman–Crippen MR) is 112 cm³/mol. The molecule has 2 aromatic carbocycles. The van der Waals surface area contributed by atoms with Gasteiger partial charge in [0.25, 0.3) is 0 Å². The van der Waals surface area contributed by atoms with Gasteiger partial charge >= 0.3 is 5.97 Å². The molecule has 0 unspecified atom stereocenters. The number of carbonyl (C=O) groups is 1. The molecule has 3 aromatic rings. The minimum Gasteiger partial charge on any atom is -0.477 e. The van der Waals surface area contributed by atoms with Crippen LogP contribution in [0.25, 0.3) is 10.9 Å². The molecular formula is C22H26N2O2S. The zero-order valence-electron chi connectivity index (χ0n) is 15.6. The first-order chi connectivity index (χ1) is 13.2. The van der Waals surface area contributed by atoms with E-state index < -0.39 is 5.97 Å². The van der Waals surface area contributed by atoms with Gasteiger partial charge in [-0.15, -0.1) is 0 Å². The molecule has 142 valence electrons. The molecule has 0 amide bonds. The van der Waals surface area contributed by atoms with Crippen LogP contribution < -0.4 is 4.72 Å². The average molecular weight is 383 g/mol. The summed E-state index contributed by atoms with van der Waals surface area (Å²) in [4.78, 5) is 15.7. The predicted octanol–water partition coefficient (Wildman–Crippen LogP) is 5.44. The summed E-state index contributed by atoms with van der Waals surface area (Å²) in [6.45, 7) is 2.92. The standard InChI is InChI=1S/C22H26N2O2S/c1-2-3-4-7-16-10-12-17(13-11-16)27-23-15-14-19-18-8-5-6-9-20(18)24-21(19)22(25)26/h5-6,8-13,23-24H,2-4,7,14-15H2,1H3,(H,25,26). The van der Waals surface area contributed by atoms with Gasteiger partial charge in [-0.3, -0.25) is 4.72 Å². The molecule has 0 spiro atoms. The lowest BCUT2D eigenvalue weighted by Gasteiger charge is -2.06. The molecule has 0 aliphatic carbocycles. The van der Waals surface area contributed by atoms with Gasteiger partial charge in [0.05, 0.1) is 0 Å². The number of carboxylic acid groups (broad SMARTS) is 1. The number of rotatable bonds is 10. The molecule has 0 aliphatic heterocycles. The van der Waals surface area contributed by atoms with Crippen LogP contribution in [0, 0.1) is 0 Å². The van der Waals surface area contributed by atoms with E-state index in [-0.39, 0.29) is 0 Å². The summed E-state index contributed by atoms with van der Waals surface area (Å²) in [6.07, 6.45) is 5.58. The molecule has 0 radical (unpaired) electrons. The zero-order chi connectivity index (χ0) is 19.1. The summed E-state index contributed by atoms with van der Waals surface area (Å²) < 4.78 is 3.35. The van der Waals surface area contributed by atoms with Gasteiger partial charge in [-0.05, 0) is 60.5 Å². The molecule has 1 aromatic heterocycles. The quantitative estimate of drug-likeness (QED) is 0.323. The number of unbranched alkanes of at least 4 members (excludes halogenated alkanes) is 2. The fourth-order valence-corrected chi connectivity index (χ4v) is 3.90. The van der Waals surface area contributed by atoms with Gasteiger partial charge in [0.1, 0.15) is 5.69 Å². The Morgan fingerprint density at radius 3 is 2.59 bits per heavy atom. The van der Waals surface area contributed by atoms with Crippen LogP contribution in [-0.4, -0.2) is 22.6 Å². The third-order valence-corrected chi connectivity index (χ3v) is 5.54. The highest BCUT2D eigenvalue weighted by Crippen LogP contribution is 2.23. The molecule has 1 heterocycles. The molecule has 3 rings (SSSR count). The van der Waals surface area contributed by atoms with Gasteiger partial charge in [0.2, 0.25) is 0 Å². The highest BCUT2D eigenvalue weighted by molar-refractivity contribution is 7.97. The Morgan fingerprint density at radius 1 is 1.07 bits per heavy atom. The van der Waals surface area contributed by atoms with E-state index in [0.717, 1.165) is 22.9 Å². The van der Waals surface area contributed by atoms with E-state index in [1.165, 1.54) is 29.7 Å². The normalized spacial score (nSPS) is 11.1. The monoisotopic (exact) mass is 382 g/mol. The number of nitrogens with one attached hydrogen (secondary N) is 2. The number of aromatic amines is 1. The van der Waals surface area contributed by atoms with Crippen LogP contribution in [0.1, 0.15) is 47.8 Å². The highest BCUT2D eigenvalue weighted by Gasteiger charge is 2.16. The van der Waals surface area contributed by atoms with E-state index >= 15 is 0 Å². The molecule has 3 N–H and O–H groups in total. The maximum atomic E-state index is 11.5. The molecule has 0 atom stereocenters. The molecule has 0 fully saturated rings. The van der Waals surface area contributed by atoms with Crippen molar-refractivity contribution in [1.29, 1.82) is 0 Å². The molecule has 0 aliphatic rings. The summed E-state index contributed by atoms with van der Waals surface area (Å²) in [5.41, 5.74) is 3.41. The summed E-state index contributed by atoms with van der Waals surface area (Å²) in [7, 11) is 0. The van der Waals surface area contributed by atoms with Crippen molar-refractivity contribution in [3.05, 3.63) is 65.4 Å². The number of para-hydroxylation sites is 1. The number of H-pyrrole nitrogens is 1. The SMILES string of the molecule is CCCCCc1ccc(SNCCc2c(C(=O)O)[nH]c3ccccc23)cc1. The largest absolute Gasteiger partial charge is 0.477 e. The van der Waals surface area contributed by atoms with Gasteiger partial charge in [0, 0.05) is 22.3 Å². The van der Waals surface area contributed by atoms with E-state index in [0.29, 0.717) is 18.7 Å². The maximum absolute atomic E-state index is 11.5. The first-order valence-corrected chi connectivity index (χ1v) is 10.3. The Bertz CT molecular complexity index is 887. The van der Waals surface area contributed by atoms with Crippen molar-refractivity contribution in [2.45, 2.75) is 43.9 Å². The van der Waals surface area contributed by atoms with Crippen molar-refractivity contribution >= 4 is 28.8 Å². The molecule has 0 bridgehead atoms.